The van der Waals surface area contributed by atoms with Crippen LogP contribution in [0.15, 0.2) is 54.6 Å². The van der Waals surface area contributed by atoms with Crippen LogP contribution in [0.3, 0.4) is 0 Å². The summed E-state index contributed by atoms with van der Waals surface area (Å²) in [6, 6.07) is 14.2. The zero-order valence-corrected chi connectivity index (χ0v) is 19.5. The van der Waals surface area contributed by atoms with E-state index in [-0.39, 0.29) is 29.6 Å². The van der Waals surface area contributed by atoms with E-state index in [1.165, 1.54) is 12.1 Å². The van der Waals surface area contributed by atoms with Gasteiger partial charge < -0.3 is 24.8 Å². The molecule has 2 fully saturated rings. The number of rotatable bonds is 4. The summed E-state index contributed by atoms with van der Waals surface area (Å²) in [4.78, 5) is 31.8. The first kappa shape index (κ1) is 24.8. The Bertz CT molecular complexity index is 1010. The Kier molecular flexibility index (Phi) is 7.49. The van der Waals surface area contributed by atoms with Gasteiger partial charge in [-0.25, -0.2) is 4.79 Å². The number of nitrogens with zero attached hydrogens (tertiary/aromatic N) is 3. The number of hydrogen-bond acceptors (Lipinski definition) is 4. The third kappa shape index (κ3) is 6.66. The number of amides is 3. The first-order valence-corrected chi connectivity index (χ1v) is 11.6. The van der Waals surface area contributed by atoms with Crippen LogP contribution in [-0.4, -0.2) is 85.4 Å². The molecule has 0 saturated carbocycles. The fourth-order valence-corrected chi connectivity index (χ4v) is 4.60. The Morgan fingerprint density at radius 1 is 0.914 bits per heavy atom. The van der Waals surface area contributed by atoms with Gasteiger partial charge in [-0.2, -0.15) is 0 Å². The van der Waals surface area contributed by atoms with Gasteiger partial charge in [0.05, 0.1) is 0 Å². The van der Waals surface area contributed by atoms with Crippen LogP contribution in [0, 0.1) is 0 Å². The standard InChI is InChI=1S/C25H29F3N4O3/c1-30-11-13-31(14-12-30)24(34)32-16-20(18-7-9-22(10-8-18)35-25(26,27)28)15-21(17-32)29-23(33)19-5-3-2-4-6-19/h2-10,20-21H,11-17H2,1H3,(H,29,33). The summed E-state index contributed by atoms with van der Waals surface area (Å²) in [5.41, 5.74) is 1.31. The van der Waals surface area contributed by atoms with E-state index in [4.69, 9.17) is 0 Å². The van der Waals surface area contributed by atoms with Crippen LogP contribution < -0.4 is 10.1 Å². The summed E-state index contributed by atoms with van der Waals surface area (Å²) in [7, 11) is 2.01. The van der Waals surface area contributed by atoms with Gasteiger partial charge in [0, 0.05) is 56.8 Å². The lowest BCUT2D eigenvalue weighted by Gasteiger charge is -2.42. The fraction of sp³-hybridized carbons (Fsp3) is 0.440. The molecule has 2 aliphatic heterocycles. The molecule has 2 aromatic carbocycles. The van der Waals surface area contributed by atoms with Gasteiger partial charge in [0.25, 0.3) is 5.91 Å². The van der Waals surface area contributed by atoms with Gasteiger partial charge in [-0.3, -0.25) is 4.79 Å². The third-order valence-electron chi connectivity index (χ3n) is 6.45. The molecule has 2 atom stereocenters. The maximum atomic E-state index is 13.3. The lowest BCUT2D eigenvalue weighted by molar-refractivity contribution is -0.274. The van der Waals surface area contributed by atoms with Crippen molar-refractivity contribution in [3.8, 4) is 5.75 Å². The number of halogens is 3. The highest BCUT2D eigenvalue weighted by Crippen LogP contribution is 2.31. The predicted molar refractivity (Wildman–Crippen MR) is 124 cm³/mol. The highest BCUT2D eigenvalue weighted by molar-refractivity contribution is 5.94. The summed E-state index contributed by atoms with van der Waals surface area (Å²) >= 11 is 0. The van der Waals surface area contributed by atoms with Gasteiger partial charge >= 0.3 is 12.4 Å². The lowest BCUT2D eigenvalue weighted by Crippen LogP contribution is -2.57. The van der Waals surface area contributed by atoms with Gasteiger partial charge in [0.1, 0.15) is 5.75 Å². The summed E-state index contributed by atoms with van der Waals surface area (Å²) in [5.74, 6) is -0.672. The second-order valence-corrected chi connectivity index (χ2v) is 9.06. The van der Waals surface area contributed by atoms with E-state index in [2.05, 4.69) is 15.0 Å². The van der Waals surface area contributed by atoms with Crippen molar-refractivity contribution < 1.29 is 27.5 Å². The fourth-order valence-electron chi connectivity index (χ4n) is 4.60. The van der Waals surface area contributed by atoms with Crippen molar-refractivity contribution in [2.45, 2.75) is 24.7 Å². The molecule has 1 N–H and O–H groups in total. The predicted octanol–water partition coefficient (Wildman–Crippen LogP) is 3.54. The molecular weight excluding hydrogens is 461 g/mol. The van der Waals surface area contributed by atoms with Crippen LogP contribution in [0.5, 0.6) is 5.75 Å². The zero-order chi connectivity index (χ0) is 25.0. The maximum Gasteiger partial charge on any atom is 0.573 e. The number of urea groups is 1. The minimum absolute atomic E-state index is 0.0845. The van der Waals surface area contributed by atoms with E-state index in [0.717, 1.165) is 18.7 Å². The van der Waals surface area contributed by atoms with Crippen molar-refractivity contribution in [1.29, 1.82) is 0 Å². The van der Waals surface area contributed by atoms with Gasteiger partial charge in [0.15, 0.2) is 0 Å². The number of likely N-dealkylation sites (N-methyl/N-ethyl adjacent to an activating group) is 1. The average molecular weight is 491 g/mol. The number of piperidine rings is 1. The smallest absolute Gasteiger partial charge is 0.406 e. The van der Waals surface area contributed by atoms with Crippen LogP contribution in [0.25, 0.3) is 0 Å². The molecule has 4 rings (SSSR count). The Morgan fingerprint density at radius 2 is 1.57 bits per heavy atom. The van der Waals surface area contributed by atoms with Gasteiger partial charge in [-0.05, 0) is 43.3 Å². The number of hydrogen-bond donors (Lipinski definition) is 1. The molecule has 0 radical (unpaired) electrons. The SMILES string of the molecule is CN1CCN(C(=O)N2CC(NC(=O)c3ccccc3)CC(c3ccc(OC(F)(F)F)cc3)C2)CC1. The number of piperazine rings is 1. The number of likely N-dealkylation sites (tertiary alicyclic amines) is 1. The van der Waals surface area contributed by atoms with E-state index in [1.807, 2.05) is 18.0 Å². The Labute approximate surface area is 202 Å². The monoisotopic (exact) mass is 490 g/mol. The van der Waals surface area contributed by atoms with Crippen LogP contribution in [0.4, 0.5) is 18.0 Å². The Balaban J connectivity index is 1.51. The maximum absolute atomic E-state index is 13.3. The summed E-state index contributed by atoms with van der Waals surface area (Å²) in [6.45, 7) is 3.62. The molecule has 10 heteroatoms. The number of carbonyl (C=O) groups is 2. The molecular formula is C25H29F3N4O3. The van der Waals surface area contributed by atoms with Crippen molar-refractivity contribution in [2.24, 2.45) is 0 Å². The number of carbonyl (C=O) groups excluding carboxylic acids is 2. The molecule has 0 aliphatic carbocycles. The van der Waals surface area contributed by atoms with Gasteiger partial charge in [0.2, 0.25) is 0 Å². The van der Waals surface area contributed by atoms with E-state index < -0.39 is 6.36 Å². The van der Waals surface area contributed by atoms with Crippen molar-refractivity contribution >= 4 is 11.9 Å². The highest BCUT2D eigenvalue weighted by atomic mass is 19.4. The molecule has 2 aromatic rings. The summed E-state index contributed by atoms with van der Waals surface area (Å²) < 4.78 is 41.6. The average Bonchev–Trinajstić information content (AvgIpc) is 2.84. The molecule has 35 heavy (non-hydrogen) atoms. The van der Waals surface area contributed by atoms with Crippen molar-refractivity contribution in [2.75, 3.05) is 46.3 Å². The van der Waals surface area contributed by atoms with E-state index in [1.54, 1.807) is 41.3 Å². The van der Waals surface area contributed by atoms with Crippen molar-refractivity contribution in [3.63, 3.8) is 0 Å². The van der Waals surface area contributed by atoms with Gasteiger partial charge in [-0.15, -0.1) is 13.2 Å². The van der Waals surface area contributed by atoms with Gasteiger partial charge in [-0.1, -0.05) is 30.3 Å². The highest BCUT2D eigenvalue weighted by Gasteiger charge is 2.35. The van der Waals surface area contributed by atoms with E-state index in [0.29, 0.717) is 38.2 Å². The van der Waals surface area contributed by atoms with Crippen molar-refractivity contribution in [3.05, 3.63) is 65.7 Å². The first-order valence-electron chi connectivity index (χ1n) is 11.6. The first-order chi connectivity index (χ1) is 16.7. The Hall–Kier alpha value is -3.27. The van der Waals surface area contributed by atoms with E-state index in [9.17, 15) is 22.8 Å². The summed E-state index contributed by atoms with van der Waals surface area (Å²) in [5, 5.41) is 3.04. The number of nitrogens with one attached hydrogen (secondary N) is 1. The molecule has 2 heterocycles. The molecule has 7 nitrogen and oxygen atoms in total. The minimum Gasteiger partial charge on any atom is -0.406 e. The quantitative estimate of drug-likeness (QED) is 0.712. The van der Waals surface area contributed by atoms with Crippen LogP contribution >= 0.6 is 0 Å². The van der Waals surface area contributed by atoms with Crippen LogP contribution in [0.2, 0.25) is 0 Å². The lowest BCUT2D eigenvalue weighted by atomic mass is 9.88. The van der Waals surface area contributed by atoms with Crippen LogP contribution in [0.1, 0.15) is 28.3 Å². The number of benzene rings is 2. The molecule has 0 spiro atoms. The summed E-state index contributed by atoms with van der Waals surface area (Å²) in [6.07, 6.45) is -4.20. The zero-order valence-electron chi connectivity index (χ0n) is 19.5. The number of alkyl halides is 3. The number of ether oxygens (including phenoxy) is 1. The largest absolute Gasteiger partial charge is 0.573 e. The topological polar surface area (TPSA) is 65.1 Å². The molecule has 3 amide bonds. The molecule has 0 aromatic heterocycles. The second-order valence-electron chi connectivity index (χ2n) is 9.06. The van der Waals surface area contributed by atoms with Crippen LogP contribution in [-0.2, 0) is 0 Å². The second kappa shape index (κ2) is 10.6. The Morgan fingerprint density at radius 3 is 2.20 bits per heavy atom. The minimum atomic E-state index is -4.76. The third-order valence-corrected chi connectivity index (χ3v) is 6.45. The molecule has 2 unspecified atom stereocenters. The molecule has 2 saturated heterocycles. The molecule has 188 valence electrons. The molecule has 2 aliphatic rings. The van der Waals surface area contributed by atoms with E-state index >= 15 is 0 Å². The normalized spacial score (nSPS) is 21.5. The van der Waals surface area contributed by atoms with Crippen molar-refractivity contribution in [1.82, 2.24) is 20.0 Å². The molecule has 0 bridgehead atoms.